The van der Waals surface area contributed by atoms with Crippen LogP contribution < -0.4 is 42.8 Å². The second kappa shape index (κ2) is 29.1. The van der Waals surface area contributed by atoms with E-state index in [1.165, 1.54) is 76.5 Å². The van der Waals surface area contributed by atoms with Gasteiger partial charge in [-0.1, -0.05) is 64.0 Å². The van der Waals surface area contributed by atoms with Gasteiger partial charge in [-0.3, -0.25) is 33.6 Å². The average molecular weight is 923 g/mol. The molecule has 2 aromatic carbocycles. The standard InChI is InChI=1S/C48H74N8O10/c1-6-7-8-9-10-11-12-15-24-51-25-21-43(60)54-38(16-13-14-22-49)48(64)56(5)44-35-18-19-40(58)36(29-35)37-27-34(17-20-42(37)65-26-23-50)28-39(55-45(61)32(3)53-47(44)63)46(62)52-31(2)41(59)30-66-33(4)57/h17-20,27,29,31-32,38-39,44,51,58H,6-16,21-26,28,30,49-50H2,1-5H3,(H,52,62)(H,53,63)(H,54,60)(H,55,61). The number of aromatic hydroxyl groups is 1. The molecule has 4 bridgehead atoms. The van der Waals surface area contributed by atoms with Crippen LogP contribution >= 0.6 is 0 Å². The van der Waals surface area contributed by atoms with E-state index in [0.29, 0.717) is 42.8 Å². The molecule has 0 fully saturated rings. The first-order valence-corrected chi connectivity index (χ1v) is 23.4. The largest absolute Gasteiger partial charge is 0.507 e. The summed E-state index contributed by atoms with van der Waals surface area (Å²) in [7, 11) is 1.43. The molecule has 0 spiro atoms. The Bertz CT molecular complexity index is 1930. The molecule has 5 atom stereocenters. The van der Waals surface area contributed by atoms with Crippen LogP contribution in [0.15, 0.2) is 36.4 Å². The van der Waals surface area contributed by atoms with Crippen molar-refractivity contribution in [3.8, 4) is 22.6 Å². The van der Waals surface area contributed by atoms with Crippen LogP contribution in [0.2, 0.25) is 0 Å². The molecule has 366 valence electrons. The first-order chi connectivity index (χ1) is 31.6. The summed E-state index contributed by atoms with van der Waals surface area (Å²) < 4.78 is 10.8. The molecule has 1 aliphatic heterocycles. The number of carbonyl (C=O) groups is 7. The van der Waals surface area contributed by atoms with E-state index < -0.39 is 72.2 Å². The summed E-state index contributed by atoms with van der Waals surface area (Å²) in [6.07, 6.45) is 11.0. The summed E-state index contributed by atoms with van der Waals surface area (Å²) in [4.78, 5) is 95.1. The van der Waals surface area contributed by atoms with Crippen LogP contribution in [-0.2, 0) is 44.7 Å². The molecule has 18 nitrogen and oxygen atoms in total. The number of ether oxygens (including phenoxy) is 2. The maximum atomic E-state index is 14.5. The molecular formula is C48H74N8O10. The van der Waals surface area contributed by atoms with Gasteiger partial charge >= 0.3 is 5.97 Å². The number of nitrogens with two attached hydrogens (primary N) is 2. The number of benzene rings is 2. The molecule has 0 saturated heterocycles. The Hall–Kier alpha value is -5.59. The number of hydrogen-bond acceptors (Lipinski definition) is 13. The maximum Gasteiger partial charge on any atom is 0.303 e. The number of likely N-dealkylation sites (N-methyl/N-ethyl adjacent to an activating group) is 1. The van der Waals surface area contributed by atoms with Gasteiger partial charge in [-0.2, -0.15) is 0 Å². The highest BCUT2D eigenvalue weighted by molar-refractivity contribution is 5.97. The zero-order valence-electron chi connectivity index (χ0n) is 39.5. The summed E-state index contributed by atoms with van der Waals surface area (Å²) in [6.45, 7) is 7.49. The van der Waals surface area contributed by atoms with Crippen molar-refractivity contribution in [2.45, 2.75) is 141 Å². The minimum atomic E-state index is -1.39. The van der Waals surface area contributed by atoms with Crippen LogP contribution in [0.1, 0.15) is 122 Å². The average Bonchev–Trinajstić information content (AvgIpc) is 3.28. The normalized spacial score (nSPS) is 17.0. The van der Waals surface area contributed by atoms with Crippen molar-refractivity contribution in [3.63, 3.8) is 0 Å². The number of rotatable bonds is 27. The van der Waals surface area contributed by atoms with Crippen molar-refractivity contribution in [2.24, 2.45) is 11.5 Å². The summed E-state index contributed by atoms with van der Waals surface area (Å²) in [5.74, 6) is -4.28. The van der Waals surface area contributed by atoms with E-state index in [2.05, 4.69) is 33.5 Å². The van der Waals surface area contributed by atoms with E-state index >= 15 is 0 Å². The first-order valence-electron chi connectivity index (χ1n) is 23.4. The number of unbranched alkanes of at least 4 members (excludes halogenated alkanes) is 8. The third kappa shape index (κ3) is 18.0. The van der Waals surface area contributed by atoms with E-state index in [4.69, 9.17) is 20.9 Å². The number of Topliss-reactive ketones (excluding diaryl/α,β-unsaturated/α-hetero) is 1. The number of phenols is 1. The summed E-state index contributed by atoms with van der Waals surface area (Å²) in [5, 5.41) is 25.5. The molecule has 0 aromatic heterocycles. The number of esters is 1. The zero-order chi connectivity index (χ0) is 48.6. The molecule has 66 heavy (non-hydrogen) atoms. The molecular weight excluding hydrogens is 849 g/mol. The van der Waals surface area contributed by atoms with E-state index in [1.54, 1.807) is 24.3 Å². The maximum absolute atomic E-state index is 14.5. The lowest BCUT2D eigenvalue weighted by Gasteiger charge is -2.32. The van der Waals surface area contributed by atoms with E-state index in [-0.39, 0.29) is 55.2 Å². The molecule has 5 unspecified atom stereocenters. The highest BCUT2D eigenvalue weighted by Crippen LogP contribution is 2.39. The van der Waals surface area contributed by atoms with Gasteiger partial charge in [0.15, 0.2) is 12.4 Å². The van der Waals surface area contributed by atoms with Gasteiger partial charge in [0.1, 0.15) is 42.3 Å². The van der Waals surface area contributed by atoms with Crippen LogP contribution in [0.3, 0.4) is 0 Å². The molecule has 10 N–H and O–H groups in total. The second-order valence-corrected chi connectivity index (χ2v) is 16.9. The molecule has 1 heterocycles. The van der Waals surface area contributed by atoms with Gasteiger partial charge in [0, 0.05) is 51.0 Å². The topological polar surface area (TPSA) is 274 Å². The van der Waals surface area contributed by atoms with Gasteiger partial charge in [0.25, 0.3) is 0 Å². The lowest BCUT2D eigenvalue weighted by Crippen LogP contribution is -2.57. The quantitative estimate of drug-likeness (QED) is 0.0474. The van der Waals surface area contributed by atoms with Crippen molar-refractivity contribution in [1.82, 2.24) is 31.5 Å². The van der Waals surface area contributed by atoms with Crippen LogP contribution in [0, 0.1) is 0 Å². The van der Waals surface area contributed by atoms with Crippen LogP contribution in [0.4, 0.5) is 0 Å². The number of hydrogen-bond donors (Lipinski definition) is 8. The third-order valence-electron chi connectivity index (χ3n) is 11.4. The van der Waals surface area contributed by atoms with Crippen molar-refractivity contribution < 1.29 is 48.1 Å². The number of ketones is 1. The lowest BCUT2D eigenvalue weighted by atomic mass is 9.93. The van der Waals surface area contributed by atoms with E-state index in [9.17, 15) is 38.7 Å². The molecule has 1 aliphatic rings. The predicted octanol–water partition coefficient (Wildman–Crippen LogP) is 2.81. The van der Waals surface area contributed by atoms with Gasteiger partial charge < -0.3 is 57.5 Å². The smallest absolute Gasteiger partial charge is 0.303 e. The Labute approximate surface area is 389 Å². The molecule has 2 aromatic rings. The number of nitrogens with zero attached hydrogens (tertiary/aromatic N) is 1. The predicted molar refractivity (Wildman–Crippen MR) is 251 cm³/mol. The Kier molecular flexibility index (Phi) is 24.2. The number of phenolic OH excluding ortho intramolecular Hbond substituents is 1. The number of carbonyl (C=O) groups excluding carboxylic acids is 7. The molecule has 0 radical (unpaired) electrons. The van der Waals surface area contributed by atoms with Crippen molar-refractivity contribution in [1.29, 1.82) is 0 Å². The molecule has 3 rings (SSSR count). The van der Waals surface area contributed by atoms with Crippen molar-refractivity contribution in [3.05, 3.63) is 47.5 Å². The molecule has 0 saturated carbocycles. The van der Waals surface area contributed by atoms with Gasteiger partial charge in [0.05, 0.1) is 6.04 Å². The van der Waals surface area contributed by atoms with E-state index in [0.717, 1.165) is 26.3 Å². The fourth-order valence-electron chi connectivity index (χ4n) is 7.59. The molecule has 0 aliphatic carbocycles. The van der Waals surface area contributed by atoms with Crippen LogP contribution in [0.25, 0.3) is 11.1 Å². The summed E-state index contributed by atoms with van der Waals surface area (Å²) >= 11 is 0. The number of nitrogens with one attached hydrogen (secondary N) is 5. The lowest BCUT2D eigenvalue weighted by molar-refractivity contribution is -0.146. The van der Waals surface area contributed by atoms with Crippen molar-refractivity contribution in [2.75, 3.05) is 46.4 Å². The van der Waals surface area contributed by atoms with Crippen LogP contribution in [0.5, 0.6) is 11.5 Å². The Balaban J connectivity index is 1.96. The number of fused-ring (bicyclic) bond motifs is 5. The fourth-order valence-corrected chi connectivity index (χ4v) is 7.59. The van der Waals surface area contributed by atoms with Gasteiger partial charge in [-0.25, -0.2) is 0 Å². The van der Waals surface area contributed by atoms with Crippen LogP contribution in [-0.4, -0.2) is 122 Å². The minimum Gasteiger partial charge on any atom is -0.507 e. The van der Waals surface area contributed by atoms with Crippen molar-refractivity contribution >= 4 is 41.3 Å². The fraction of sp³-hybridized carbons (Fsp3) is 0.604. The van der Waals surface area contributed by atoms with Gasteiger partial charge in [0.2, 0.25) is 29.5 Å². The Morgan fingerprint density at radius 3 is 2.26 bits per heavy atom. The van der Waals surface area contributed by atoms with Gasteiger partial charge in [-0.15, -0.1) is 0 Å². The summed E-state index contributed by atoms with van der Waals surface area (Å²) in [5.41, 5.74) is 12.9. The molecule has 5 amide bonds. The minimum absolute atomic E-state index is 0.0971. The van der Waals surface area contributed by atoms with E-state index in [1.807, 2.05) is 0 Å². The Morgan fingerprint density at radius 1 is 0.864 bits per heavy atom. The SMILES string of the molecule is CCCCCCCCCCNCCC(=O)NC(CCCCN)C(=O)N(C)C1C(=O)NC(C)C(=O)NC(C(=O)NC(C)C(=O)COC(C)=O)Cc2ccc(OCCN)c(c2)-c2cc1ccc2O. The third-order valence-corrected chi connectivity index (χ3v) is 11.4. The highest BCUT2D eigenvalue weighted by Gasteiger charge is 2.36. The zero-order valence-corrected chi connectivity index (χ0v) is 39.5. The second-order valence-electron chi connectivity index (χ2n) is 16.9. The first kappa shape index (κ1) is 54.7. The Morgan fingerprint density at radius 2 is 1.58 bits per heavy atom. The summed E-state index contributed by atoms with van der Waals surface area (Å²) in [6, 6.07) is 3.36. The molecule has 18 heteroatoms. The highest BCUT2D eigenvalue weighted by atomic mass is 16.5. The monoisotopic (exact) mass is 923 g/mol. The van der Waals surface area contributed by atoms with Gasteiger partial charge in [-0.05, 0) is 88.0 Å². The number of amides is 5.